The summed E-state index contributed by atoms with van der Waals surface area (Å²) in [4.78, 5) is 23.9. The molecule has 2 rings (SSSR count). The number of esters is 1. The smallest absolute Gasteiger partial charge is 0.328 e. The van der Waals surface area contributed by atoms with Gasteiger partial charge in [0.2, 0.25) is 5.91 Å². The minimum absolute atomic E-state index is 0.0586. The number of carbonyl (C=O) groups is 2. The van der Waals surface area contributed by atoms with Crippen LogP contribution in [-0.2, 0) is 20.7 Å². The Morgan fingerprint density at radius 1 is 1.26 bits per heavy atom. The molecule has 0 aliphatic heterocycles. The van der Waals surface area contributed by atoms with Gasteiger partial charge < -0.3 is 19.2 Å². The van der Waals surface area contributed by atoms with E-state index in [1.807, 2.05) is 26.0 Å². The first kappa shape index (κ1) is 16.9. The number of furan rings is 1. The molecule has 124 valence electrons. The quantitative estimate of drug-likeness (QED) is 0.827. The molecule has 0 fully saturated rings. The Morgan fingerprint density at radius 3 is 2.61 bits per heavy atom. The Labute approximate surface area is 134 Å². The Kier molecular flexibility index (Phi) is 5.26. The molecular weight excluding hydrogens is 298 g/mol. The fourth-order valence-electron chi connectivity index (χ4n) is 2.35. The van der Waals surface area contributed by atoms with Crippen LogP contribution in [0.3, 0.4) is 0 Å². The molecule has 0 radical (unpaired) electrons. The van der Waals surface area contributed by atoms with Crippen LogP contribution >= 0.6 is 0 Å². The molecule has 0 aliphatic carbocycles. The predicted octanol–water partition coefficient (Wildman–Crippen LogP) is 2.30. The second kappa shape index (κ2) is 7.17. The summed E-state index contributed by atoms with van der Waals surface area (Å²) in [6.45, 7) is 3.70. The number of carbonyl (C=O) groups excluding carboxylic acids is 2. The van der Waals surface area contributed by atoms with Gasteiger partial charge in [-0.3, -0.25) is 4.79 Å². The van der Waals surface area contributed by atoms with Crippen molar-refractivity contribution in [1.29, 1.82) is 0 Å². The zero-order valence-corrected chi connectivity index (χ0v) is 13.7. The predicted molar refractivity (Wildman–Crippen MR) is 85.3 cm³/mol. The first-order valence-corrected chi connectivity index (χ1v) is 7.37. The van der Waals surface area contributed by atoms with Gasteiger partial charge >= 0.3 is 5.97 Å². The maximum absolute atomic E-state index is 12.2. The number of fused-ring (bicyclic) bond motifs is 1. The van der Waals surface area contributed by atoms with Crippen molar-refractivity contribution in [3.8, 4) is 5.75 Å². The van der Waals surface area contributed by atoms with Crippen molar-refractivity contribution in [3.05, 3.63) is 30.0 Å². The van der Waals surface area contributed by atoms with Crippen LogP contribution < -0.4 is 10.1 Å². The van der Waals surface area contributed by atoms with Gasteiger partial charge in [-0.15, -0.1) is 0 Å². The van der Waals surface area contributed by atoms with Gasteiger partial charge in [0.05, 0.1) is 26.9 Å². The first-order valence-electron chi connectivity index (χ1n) is 7.37. The van der Waals surface area contributed by atoms with Gasteiger partial charge in [-0.1, -0.05) is 13.8 Å². The zero-order valence-electron chi connectivity index (χ0n) is 13.7. The lowest BCUT2D eigenvalue weighted by atomic mass is 10.0. The lowest BCUT2D eigenvalue weighted by Crippen LogP contribution is -2.45. The molecule has 0 bridgehead atoms. The third kappa shape index (κ3) is 3.83. The highest BCUT2D eigenvalue weighted by molar-refractivity contribution is 5.90. The van der Waals surface area contributed by atoms with E-state index in [-0.39, 0.29) is 18.2 Å². The van der Waals surface area contributed by atoms with E-state index in [0.717, 1.165) is 10.9 Å². The maximum Gasteiger partial charge on any atom is 0.328 e. The van der Waals surface area contributed by atoms with E-state index in [4.69, 9.17) is 13.9 Å². The fourth-order valence-corrected chi connectivity index (χ4v) is 2.35. The Bertz CT molecular complexity index is 704. The van der Waals surface area contributed by atoms with Crippen molar-refractivity contribution in [2.75, 3.05) is 14.2 Å². The third-order valence-corrected chi connectivity index (χ3v) is 3.65. The number of nitrogens with one attached hydrogen (secondary N) is 1. The van der Waals surface area contributed by atoms with Crippen molar-refractivity contribution in [2.24, 2.45) is 5.92 Å². The van der Waals surface area contributed by atoms with E-state index in [1.165, 1.54) is 7.11 Å². The zero-order chi connectivity index (χ0) is 17.0. The van der Waals surface area contributed by atoms with Crippen LogP contribution in [0.25, 0.3) is 11.0 Å². The van der Waals surface area contributed by atoms with Crippen molar-refractivity contribution in [3.63, 3.8) is 0 Å². The second-order valence-corrected chi connectivity index (χ2v) is 5.61. The van der Waals surface area contributed by atoms with Gasteiger partial charge in [0.1, 0.15) is 17.4 Å². The molecule has 0 saturated carbocycles. The summed E-state index contributed by atoms with van der Waals surface area (Å²) in [5.74, 6) is -0.0760. The minimum Gasteiger partial charge on any atom is -0.497 e. The number of ether oxygens (including phenoxy) is 2. The molecule has 1 heterocycles. The van der Waals surface area contributed by atoms with Crippen LogP contribution in [0.1, 0.15) is 19.4 Å². The second-order valence-electron chi connectivity index (χ2n) is 5.61. The first-order chi connectivity index (χ1) is 11.0. The van der Waals surface area contributed by atoms with Crippen molar-refractivity contribution in [2.45, 2.75) is 26.3 Å². The maximum atomic E-state index is 12.2. The molecule has 6 nitrogen and oxygen atoms in total. The lowest BCUT2D eigenvalue weighted by Gasteiger charge is -2.19. The summed E-state index contributed by atoms with van der Waals surface area (Å²) >= 11 is 0. The Hall–Kier alpha value is -2.50. The van der Waals surface area contributed by atoms with Crippen LogP contribution in [0.5, 0.6) is 5.75 Å². The number of benzene rings is 1. The molecule has 1 aromatic heterocycles. The minimum atomic E-state index is -0.661. The average Bonchev–Trinajstić information content (AvgIpc) is 2.93. The van der Waals surface area contributed by atoms with E-state index in [1.54, 1.807) is 19.4 Å². The molecular formula is C17H21NO5. The van der Waals surface area contributed by atoms with Gasteiger partial charge in [0, 0.05) is 17.0 Å². The molecule has 1 atom stereocenters. The summed E-state index contributed by atoms with van der Waals surface area (Å²) in [5.41, 5.74) is 1.41. The van der Waals surface area contributed by atoms with E-state index in [9.17, 15) is 9.59 Å². The number of methoxy groups -OCH3 is 2. The summed E-state index contributed by atoms with van der Waals surface area (Å²) < 4.78 is 15.3. The fraction of sp³-hybridized carbons (Fsp3) is 0.412. The Morgan fingerprint density at radius 2 is 2.00 bits per heavy atom. The van der Waals surface area contributed by atoms with E-state index in [2.05, 4.69) is 5.32 Å². The monoisotopic (exact) mass is 319 g/mol. The van der Waals surface area contributed by atoms with Crippen molar-refractivity contribution < 1.29 is 23.5 Å². The SMILES string of the molecule is COC(=O)C(NC(=O)Cc1coc2cc(OC)ccc12)C(C)C. The van der Waals surface area contributed by atoms with Crippen LogP contribution in [0.4, 0.5) is 0 Å². The van der Waals surface area contributed by atoms with Gasteiger partial charge in [0.25, 0.3) is 0 Å². The van der Waals surface area contributed by atoms with E-state index in [0.29, 0.717) is 11.3 Å². The van der Waals surface area contributed by atoms with Gasteiger partial charge in [-0.2, -0.15) is 0 Å². The highest BCUT2D eigenvalue weighted by Crippen LogP contribution is 2.25. The van der Waals surface area contributed by atoms with E-state index >= 15 is 0 Å². The molecule has 6 heteroatoms. The number of hydrogen-bond acceptors (Lipinski definition) is 5. The number of rotatable bonds is 6. The lowest BCUT2D eigenvalue weighted by molar-refractivity contribution is -0.146. The van der Waals surface area contributed by atoms with Crippen molar-refractivity contribution >= 4 is 22.8 Å². The number of amides is 1. The summed E-state index contributed by atoms with van der Waals surface area (Å²) in [6, 6.07) is 4.76. The van der Waals surface area contributed by atoms with Gasteiger partial charge in [-0.25, -0.2) is 4.79 Å². The van der Waals surface area contributed by atoms with Crippen LogP contribution in [-0.4, -0.2) is 32.1 Å². The summed E-state index contributed by atoms with van der Waals surface area (Å²) in [5, 5.41) is 3.56. The van der Waals surface area contributed by atoms with E-state index < -0.39 is 12.0 Å². The normalized spacial score (nSPS) is 12.2. The van der Waals surface area contributed by atoms with Gasteiger partial charge in [-0.05, 0) is 18.1 Å². The van der Waals surface area contributed by atoms with Crippen molar-refractivity contribution in [1.82, 2.24) is 5.32 Å². The molecule has 2 aromatic rings. The molecule has 0 spiro atoms. The summed E-state index contributed by atoms with van der Waals surface area (Å²) in [7, 11) is 2.89. The molecule has 0 saturated heterocycles. The number of hydrogen-bond donors (Lipinski definition) is 1. The highest BCUT2D eigenvalue weighted by atomic mass is 16.5. The molecule has 1 unspecified atom stereocenters. The molecule has 23 heavy (non-hydrogen) atoms. The van der Waals surface area contributed by atoms with Crippen LogP contribution in [0.2, 0.25) is 0 Å². The Balaban J connectivity index is 2.12. The third-order valence-electron chi connectivity index (χ3n) is 3.65. The van der Waals surface area contributed by atoms with Gasteiger partial charge in [0.15, 0.2) is 0 Å². The topological polar surface area (TPSA) is 77.8 Å². The van der Waals surface area contributed by atoms with Crippen LogP contribution in [0, 0.1) is 5.92 Å². The average molecular weight is 319 g/mol. The molecule has 0 aliphatic rings. The standard InChI is InChI=1S/C17H21NO5/c1-10(2)16(17(20)22-4)18-15(19)7-11-9-23-14-8-12(21-3)5-6-13(11)14/h5-6,8-10,16H,7H2,1-4H3,(H,18,19). The molecule has 1 N–H and O–H groups in total. The largest absolute Gasteiger partial charge is 0.497 e. The highest BCUT2D eigenvalue weighted by Gasteiger charge is 2.25. The molecule has 1 aromatic carbocycles. The van der Waals surface area contributed by atoms with Crippen LogP contribution in [0.15, 0.2) is 28.9 Å². The summed E-state index contributed by atoms with van der Waals surface area (Å²) in [6.07, 6.45) is 1.67. The molecule has 1 amide bonds.